The number of amides is 1. The Morgan fingerprint density at radius 2 is 1.87 bits per heavy atom. The monoisotopic (exact) mass is 409 g/mol. The number of ketones is 1. The number of rotatable bonds is 8. The number of likely N-dealkylation sites (tertiary alicyclic amines) is 1. The summed E-state index contributed by atoms with van der Waals surface area (Å²) >= 11 is 0. The Morgan fingerprint density at radius 1 is 1.20 bits per heavy atom. The van der Waals surface area contributed by atoms with Gasteiger partial charge in [0.1, 0.15) is 29.3 Å². The standard InChI is InChI=1S/C22H27N5O3/c1-4-18(28)27-12-10-16(11-13-27)26-22-19(21(23-3)24-14-25-22)20(29)15-6-8-17(9-7-15)30-5-2/h4,6-9,14,16H,1,5,10-13H2,2-3H3,(H2,23,24,25,26). The van der Waals surface area contributed by atoms with Crippen molar-refractivity contribution in [1.29, 1.82) is 0 Å². The van der Waals surface area contributed by atoms with Gasteiger partial charge in [0, 0.05) is 31.7 Å². The van der Waals surface area contributed by atoms with Gasteiger partial charge in [-0.1, -0.05) is 6.58 Å². The lowest BCUT2D eigenvalue weighted by molar-refractivity contribution is -0.126. The summed E-state index contributed by atoms with van der Waals surface area (Å²) in [5.41, 5.74) is 0.924. The zero-order chi connectivity index (χ0) is 21.5. The smallest absolute Gasteiger partial charge is 0.245 e. The van der Waals surface area contributed by atoms with E-state index in [1.54, 1.807) is 36.2 Å². The Morgan fingerprint density at radius 3 is 2.47 bits per heavy atom. The zero-order valence-corrected chi connectivity index (χ0v) is 17.4. The van der Waals surface area contributed by atoms with Crippen molar-refractivity contribution in [2.45, 2.75) is 25.8 Å². The number of anilines is 2. The van der Waals surface area contributed by atoms with Crippen LogP contribution in [0.15, 0.2) is 43.2 Å². The van der Waals surface area contributed by atoms with Crippen LogP contribution in [0.25, 0.3) is 0 Å². The first-order chi connectivity index (χ1) is 14.6. The Hall–Kier alpha value is -3.42. The lowest BCUT2D eigenvalue weighted by atomic mass is 10.0. The number of hydrogen-bond donors (Lipinski definition) is 2. The quantitative estimate of drug-likeness (QED) is 0.511. The summed E-state index contributed by atoms with van der Waals surface area (Å²) in [5.74, 6) is 1.43. The molecule has 0 atom stereocenters. The second kappa shape index (κ2) is 9.87. The lowest BCUT2D eigenvalue weighted by Crippen LogP contribution is -2.42. The van der Waals surface area contributed by atoms with Crippen molar-refractivity contribution in [3.05, 3.63) is 54.4 Å². The van der Waals surface area contributed by atoms with E-state index in [0.717, 1.165) is 12.8 Å². The highest BCUT2D eigenvalue weighted by Crippen LogP contribution is 2.26. The molecular weight excluding hydrogens is 382 g/mol. The van der Waals surface area contributed by atoms with Crippen molar-refractivity contribution in [1.82, 2.24) is 14.9 Å². The molecule has 1 aromatic heterocycles. The van der Waals surface area contributed by atoms with E-state index in [1.807, 2.05) is 6.92 Å². The van der Waals surface area contributed by atoms with Crippen LogP contribution in [0.2, 0.25) is 0 Å². The number of aromatic nitrogens is 2. The molecule has 1 aliphatic rings. The molecule has 30 heavy (non-hydrogen) atoms. The number of benzene rings is 1. The minimum atomic E-state index is -0.176. The Labute approximate surface area is 176 Å². The van der Waals surface area contributed by atoms with Crippen LogP contribution in [-0.2, 0) is 4.79 Å². The van der Waals surface area contributed by atoms with Crippen LogP contribution in [0.3, 0.4) is 0 Å². The second-order valence-corrected chi connectivity index (χ2v) is 6.93. The van der Waals surface area contributed by atoms with Crippen LogP contribution in [0.4, 0.5) is 11.6 Å². The number of carbonyl (C=O) groups excluding carboxylic acids is 2. The van der Waals surface area contributed by atoms with Crippen molar-refractivity contribution >= 4 is 23.3 Å². The van der Waals surface area contributed by atoms with Crippen molar-refractivity contribution in [3.63, 3.8) is 0 Å². The highest BCUT2D eigenvalue weighted by atomic mass is 16.5. The third-order valence-corrected chi connectivity index (χ3v) is 5.06. The molecule has 2 aromatic rings. The fraction of sp³-hybridized carbons (Fsp3) is 0.364. The highest BCUT2D eigenvalue weighted by molar-refractivity contribution is 6.14. The molecule has 0 spiro atoms. The molecule has 0 aliphatic carbocycles. The van der Waals surface area contributed by atoms with Gasteiger partial charge in [0.2, 0.25) is 5.91 Å². The molecule has 0 bridgehead atoms. The predicted molar refractivity (Wildman–Crippen MR) is 116 cm³/mol. The molecule has 1 amide bonds. The summed E-state index contributed by atoms with van der Waals surface area (Å²) in [6, 6.07) is 7.13. The molecule has 0 unspecified atom stereocenters. The van der Waals surface area contributed by atoms with E-state index < -0.39 is 0 Å². The average molecular weight is 409 g/mol. The number of piperidine rings is 1. The molecule has 1 saturated heterocycles. The third kappa shape index (κ3) is 4.76. The van der Waals surface area contributed by atoms with E-state index in [-0.39, 0.29) is 17.7 Å². The van der Waals surface area contributed by atoms with Crippen LogP contribution in [0.1, 0.15) is 35.7 Å². The molecular formula is C22H27N5O3. The van der Waals surface area contributed by atoms with Crippen molar-refractivity contribution in [2.75, 3.05) is 37.4 Å². The molecule has 0 saturated carbocycles. The van der Waals surface area contributed by atoms with Crippen LogP contribution in [0, 0.1) is 0 Å². The van der Waals surface area contributed by atoms with Gasteiger partial charge in [-0.25, -0.2) is 9.97 Å². The Kier molecular flexibility index (Phi) is 7.00. The van der Waals surface area contributed by atoms with Gasteiger partial charge in [0.25, 0.3) is 0 Å². The Bertz CT molecular complexity index is 905. The number of hydrogen-bond acceptors (Lipinski definition) is 7. The van der Waals surface area contributed by atoms with Gasteiger partial charge in [-0.2, -0.15) is 0 Å². The number of nitrogens with one attached hydrogen (secondary N) is 2. The van der Waals surface area contributed by atoms with E-state index in [9.17, 15) is 9.59 Å². The van der Waals surface area contributed by atoms with E-state index in [2.05, 4.69) is 27.2 Å². The fourth-order valence-corrected chi connectivity index (χ4v) is 3.48. The molecule has 8 heteroatoms. The highest BCUT2D eigenvalue weighted by Gasteiger charge is 2.25. The number of nitrogens with zero attached hydrogens (tertiary/aromatic N) is 3. The van der Waals surface area contributed by atoms with Crippen LogP contribution in [0.5, 0.6) is 5.75 Å². The molecule has 1 fully saturated rings. The molecule has 3 rings (SSSR count). The van der Waals surface area contributed by atoms with Crippen LogP contribution < -0.4 is 15.4 Å². The fourth-order valence-electron chi connectivity index (χ4n) is 3.48. The molecule has 8 nitrogen and oxygen atoms in total. The third-order valence-electron chi connectivity index (χ3n) is 5.06. The molecule has 158 valence electrons. The molecule has 0 radical (unpaired) electrons. The maximum absolute atomic E-state index is 13.3. The van der Waals surface area contributed by atoms with Crippen molar-refractivity contribution < 1.29 is 14.3 Å². The normalized spacial score (nSPS) is 14.1. The van der Waals surface area contributed by atoms with Gasteiger partial charge < -0.3 is 20.3 Å². The summed E-state index contributed by atoms with van der Waals surface area (Å²) in [5, 5.41) is 6.37. The summed E-state index contributed by atoms with van der Waals surface area (Å²) < 4.78 is 5.45. The van der Waals surface area contributed by atoms with Crippen molar-refractivity contribution in [3.8, 4) is 5.75 Å². The molecule has 2 heterocycles. The lowest BCUT2D eigenvalue weighted by Gasteiger charge is -2.32. The van der Waals surface area contributed by atoms with E-state index in [4.69, 9.17) is 4.74 Å². The number of carbonyl (C=O) groups is 2. The van der Waals surface area contributed by atoms with E-state index in [0.29, 0.717) is 48.2 Å². The summed E-state index contributed by atoms with van der Waals surface area (Å²) in [4.78, 5) is 35.4. The Balaban J connectivity index is 1.80. The minimum absolute atomic E-state index is 0.0562. The minimum Gasteiger partial charge on any atom is -0.494 e. The predicted octanol–water partition coefficient (Wildman–Crippen LogP) is 2.74. The maximum Gasteiger partial charge on any atom is 0.245 e. The first-order valence-electron chi connectivity index (χ1n) is 10.1. The summed E-state index contributed by atoms with van der Waals surface area (Å²) in [7, 11) is 1.72. The van der Waals surface area contributed by atoms with Gasteiger partial charge in [0.15, 0.2) is 5.78 Å². The number of ether oxygens (including phenoxy) is 1. The van der Waals surface area contributed by atoms with Gasteiger partial charge in [-0.05, 0) is 50.1 Å². The summed E-state index contributed by atoms with van der Waals surface area (Å²) in [6.45, 7) is 7.28. The van der Waals surface area contributed by atoms with E-state index >= 15 is 0 Å². The largest absolute Gasteiger partial charge is 0.494 e. The van der Waals surface area contributed by atoms with E-state index in [1.165, 1.54) is 12.4 Å². The average Bonchev–Trinajstić information content (AvgIpc) is 2.79. The zero-order valence-electron chi connectivity index (χ0n) is 17.4. The first kappa shape index (κ1) is 21.3. The first-order valence-corrected chi connectivity index (χ1v) is 10.1. The molecule has 2 N–H and O–H groups in total. The van der Waals surface area contributed by atoms with Gasteiger partial charge in [0.05, 0.1) is 6.61 Å². The van der Waals surface area contributed by atoms with Gasteiger partial charge in [-0.15, -0.1) is 0 Å². The van der Waals surface area contributed by atoms with Gasteiger partial charge >= 0.3 is 0 Å². The topological polar surface area (TPSA) is 96.5 Å². The van der Waals surface area contributed by atoms with Crippen LogP contribution >= 0.6 is 0 Å². The molecule has 1 aliphatic heterocycles. The molecule has 1 aromatic carbocycles. The van der Waals surface area contributed by atoms with Gasteiger partial charge in [-0.3, -0.25) is 9.59 Å². The van der Waals surface area contributed by atoms with Crippen LogP contribution in [-0.4, -0.2) is 59.3 Å². The second-order valence-electron chi connectivity index (χ2n) is 6.93. The maximum atomic E-state index is 13.3. The summed E-state index contributed by atoms with van der Waals surface area (Å²) in [6.07, 6.45) is 4.29. The SMILES string of the molecule is C=CC(=O)N1CCC(Nc2ncnc(NC)c2C(=O)c2ccc(OCC)cc2)CC1. The van der Waals surface area contributed by atoms with Crippen molar-refractivity contribution in [2.24, 2.45) is 0 Å².